The molecule has 0 saturated carbocycles. The Labute approximate surface area is 120 Å². The lowest BCUT2D eigenvalue weighted by Gasteiger charge is -2.06. The lowest BCUT2D eigenvalue weighted by atomic mass is 10.1. The first kappa shape index (κ1) is 16.2. The fourth-order valence-corrected chi connectivity index (χ4v) is 1.85. The van der Waals surface area contributed by atoms with Crippen molar-refractivity contribution in [1.82, 2.24) is 0 Å². The molecule has 0 amide bonds. The first-order chi connectivity index (χ1) is 9.63. The highest BCUT2D eigenvalue weighted by Gasteiger charge is 2.02. The molecular weight excluding hydrogens is 254 g/mol. The highest BCUT2D eigenvalue weighted by Crippen LogP contribution is 2.15. The number of allylic oxidation sites excluding steroid dienone is 1. The molecule has 0 aromatic heterocycles. The summed E-state index contributed by atoms with van der Waals surface area (Å²) in [4.78, 5) is 10.1. The summed E-state index contributed by atoms with van der Waals surface area (Å²) < 4.78 is 5.64. The first-order valence-corrected chi connectivity index (χ1v) is 7.19. The minimum atomic E-state index is -0.388. The van der Waals surface area contributed by atoms with Crippen LogP contribution in [-0.4, -0.2) is 11.5 Å². The standard InChI is InChI=1S/C16H23NO3/c1-3-4-5-6-7-12-20-16-10-8-15(9-11-16)13-14(2)17(18)19/h8-11,13H,3-7,12H2,1-2H3. The summed E-state index contributed by atoms with van der Waals surface area (Å²) in [6, 6.07) is 7.37. The molecule has 0 aliphatic heterocycles. The summed E-state index contributed by atoms with van der Waals surface area (Å²) in [7, 11) is 0. The number of ether oxygens (including phenoxy) is 1. The number of nitrogens with zero attached hydrogens (tertiary/aromatic N) is 1. The van der Waals surface area contributed by atoms with Crippen molar-refractivity contribution in [2.24, 2.45) is 0 Å². The van der Waals surface area contributed by atoms with Gasteiger partial charge in [0, 0.05) is 13.0 Å². The summed E-state index contributed by atoms with van der Waals surface area (Å²) in [6.07, 6.45) is 7.63. The molecule has 0 atom stereocenters. The van der Waals surface area contributed by atoms with Crippen LogP contribution in [0.25, 0.3) is 6.08 Å². The van der Waals surface area contributed by atoms with E-state index in [1.165, 1.54) is 32.6 Å². The topological polar surface area (TPSA) is 52.4 Å². The highest BCUT2D eigenvalue weighted by molar-refractivity contribution is 5.51. The van der Waals surface area contributed by atoms with Crippen molar-refractivity contribution in [3.63, 3.8) is 0 Å². The van der Waals surface area contributed by atoms with E-state index in [0.717, 1.165) is 24.3 Å². The molecule has 20 heavy (non-hydrogen) atoms. The smallest absolute Gasteiger partial charge is 0.243 e. The Morgan fingerprint density at radius 3 is 2.45 bits per heavy atom. The Bertz CT molecular complexity index is 438. The molecule has 0 heterocycles. The van der Waals surface area contributed by atoms with Crippen LogP contribution in [0.5, 0.6) is 5.75 Å². The van der Waals surface area contributed by atoms with Crippen LogP contribution in [0.1, 0.15) is 51.5 Å². The molecule has 110 valence electrons. The van der Waals surface area contributed by atoms with Crippen LogP contribution in [0.2, 0.25) is 0 Å². The van der Waals surface area contributed by atoms with Crippen molar-refractivity contribution in [1.29, 1.82) is 0 Å². The van der Waals surface area contributed by atoms with Crippen molar-refractivity contribution in [2.75, 3.05) is 6.61 Å². The predicted octanol–water partition coefficient (Wildman–Crippen LogP) is 4.67. The molecule has 0 aliphatic rings. The molecule has 0 N–H and O–H groups in total. The Hall–Kier alpha value is -1.84. The van der Waals surface area contributed by atoms with E-state index in [1.54, 1.807) is 6.08 Å². The number of nitro groups is 1. The van der Waals surface area contributed by atoms with E-state index in [4.69, 9.17) is 4.74 Å². The number of hydrogen-bond acceptors (Lipinski definition) is 3. The van der Waals surface area contributed by atoms with Crippen LogP contribution in [0.15, 0.2) is 30.0 Å². The van der Waals surface area contributed by atoms with Gasteiger partial charge in [-0.15, -0.1) is 0 Å². The van der Waals surface area contributed by atoms with Gasteiger partial charge in [0.15, 0.2) is 0 Å². The van der Waals surface area contributed by atoms with Crippen molar-refractivity contribution in [3.8, 4) is 5.75 Å². The first-order valence-electron chi connectivity index (χ1n) is 7.19. The van der Waals surface area contributed by atoms with Crippen molar-refractivity contribution in [2.45, 2.75) is 46.0 Å². The molecule has 0 radical (unpaired) electrons. The minimum absolute atomic E-state index is 0.134. The Kier molecular flexibility index (Phi) is 7.40. The van der Waals surface area contributed by atoms with Gasteiger partial charge in [0.2, 0.25) is 5.70 Å². The molecule has 4 nitrogen and oxygen atoms in total. The van der Waals surface area contributed by atoms with Gasteiger partial charge in [0.05, 0.1) is 11.5 Å². The summed E-state index contributed by atoms with van der Waals surface area (Å²) in [6.45, 7) is 4.42. The zero-order valence-corrected chi connectivity index (χ0v) is 12.3. The van der Waals surface area contributed by atoms with E-state index in [0.29, 0.717) is 0 Å². The second-order valence-corrected chi connectivity index (χ2v) is 4.87. The van der Waals surface area contributed by atoms with Crippen molar-refractivity contribution in [3.05, 3.63) is 45.6 Å². The number of benzene rings is 1. The summed E-state index contributed by atoms with van der Waals surface area (Å²) in [5, 5.41) is 10.5. The molecule has 1 aromatic carbocycles. The predicted molar refractivity (Wildman–Crippen MR) is 81.3 cm³/mol. The molecule has 0 fully saturated rings. The van der Waals surface area contributed by atoms with Gasteiger partial charge in [-0.2, -0.15) is 0 Å². The second kappa shape index (κ2) is 9.13. The van der Waals surface area contributed by atoms with E-state index in [9.17, 15) is 10.1 Å². The van der Waals surface area contributed by atoms with E-state index in [2.05, 4.69) is 6.92 Å². The van der Waals surface area contributed by atoms with Gasteiger partial charge in [0.25, 0.3) is 0 Å². The van der Waals surface area contributed by atoms with Crippen LogP contribution >= 0.6 is 0 Å². The fraction of sp³-hybridized carbons (Fsp3) is 0.500. The molecule has 1 rings (SSSR count). The lowest BCUT2D eigenvalue weighted by molar-refractivity contribution is -0.422. The van der Waals surface area contributed by atoms with Gasteiger partial charge in [-0.25, -0.2) is 0 Å². The Morgan fingerprint density at radius 2 is 1.85 bits per heavy atom. The maximum absolute atomic E-state index is 10.5. The van der Waals surface area contributed by atoms with E-state index < -0.39 is 0 Å². The Balaban J connectivity index is 2.35. The number of rotatable bonds is 9. The lowest BCUT2D eigenvalue weighted by Crippen LogP contribution is -1.97. The molecule has 4 heteroatoms. The average molecular weight is 277 g/mol. The van der Waals surface area contributed by atoms with E-state index >= 15 is 0 Å². The van der Waals surface area contributed by atoms with Crippen molar-refractivity contribution >= 4 is 6.08 Å². The van der Waals surface area contributed by atoms with Gasteiger partial charge in [-0.05, 0) is 24.1 Å². The molecule has 0 bridgehead atoms. The van der Waals surface area contributed by atoms with Gasteiger partial charge in [-0.3, -0.25) is 10.1 Å². The SMILES string of the molecule is CCCCCCCOc1ccc(C=C(C)[N+](=O)[O-])cc1. The van der Waals surface area contributed by atoms with Gasteiger partial charge < -0.3 is 4.74 Å². The molecule has 0 spiro atoms. The van der Waals surface area contributed by atoms with Crippen LogP contribution in [-0.2, 0) is 0 Å². The third-order valence-corrected chi connectivity index (χ3v) is 3.06. The third kappa shape index (κ3) is 6.36. The zero-order chi connectivity index (χ0) is 14.8. The van der Waals surface area contributed by atoms with Gasteiger partial charge >= 0.3 is 0 Å². The summed E-state index contributed by atoms with van der Waals surface area (Å²) in [5.41, 5.74) is 0.948. The van der Waals surface area contributed by atoms with Crippen molar-refractivity contribution < 1.29 is 9.66 Å². The van der Waals surface area contributed by atoms with Crippen LogP contribution < -0.4 is 4.74 Å². The largest absolute Gasteiger partial charge is 0.494 e. The van der Waals surface area contributed by atoms with Crippen LogP contribution in [0, 0.1) is 10.1 Å². The minimum Gasteiger partial charge on any atom is -0.494 e. The maximum atomic E-state index is 10.5. The van der Waals surface area contributed by atoms with Gasteiger partial charge in [0.1, 0.15) is 5.75 Å². The highest BCUT2D eigenvalue weighted by atomic mass is 16.6. The average Bonchev–Trinajstić information content (AvgIpc) is 2.44. The molecule has 0 aliphatic carbocycles. The zero-order valence-electron chi connectivity index (χ0n) is 12.3. The maximum Gasteiger partial charge on any atom is 0.243 e. The van der Waals surface area contributed by atoms with E-state index in [-0.39, 0.29) is 10.6 Å². The second-order valence-electron chi connectivity index (χ2n) is 4.87. The molecule has 0 unspecified atom stereocenters. The Morgan fingerprint density at radius 1 is 1.20 bits per heavy atom. The number of hydrogen-bond donors (Lipinski definition) is 0. The molecule has 0 saturated heterocycles. The summed E-state index contributed by atoms with van der Waals surface area (Å²) in [5.74, 6) is 0.816. The summed E-state index contributed by atoms with van der Waals surface area (Å²) >= 11 is 0. The fourth-order valence-electron chi connectivity index (χ4n) is 1.85. The number of unbranched alkanes of at least 4 members (excludes halogenated alkanes) is 4. The quantitative estimate of drug-likeness (QED) is 0.374. The molecule has 1 aromatic rings. The van der Waals surface area contributed by atoms with Crippen LogP contribution in [0.3, 0.4) is 0 Å². The van der Waals surface area contributed by atoms with Gasteiger partial charge in [-0.1, -0.05) is 44.7 Å². The monoisotopic (exact) mass is 277 g/mol. The molecular formula is C16H23NO3. The normalized spacial score (nSPS) is 11.4. The third-order valence-electron chi connectivity index (χ3n) is 3.06. The van der Waals surface area contributed by atoms with E-state index in [1.807, 2.05) is 24.3 Å². The van der Waals surface area contributed by atoms with Crippen LogP contribution in [0.4, 0.5) is 0 Å².